The van der Waals surface area contributed by atoms with Gasteiger partial charge in [0.1, 0.15) is 67.2 Å². The number of nitrogen functional groups attached to an aromatic ring is 2. The van der Waals surface area contributed by atoms with Crippen LogP contribution in [0.15, 0.2) is 78.9 Å². The number of carbonyl (C=O) groups is 4. The van der Waals surface area contributed by atoms with Gasteiger partial charge in [0.2, 0.25) is 0 Å². The summed E-state index contributed by atoms with van der Waals surface area (Å²) >= 11 is 1.47. The Morgan fingerprint density at radius 2 is 1.32 bits per heavy atom. The molecule has 0 spiro atoms. The maximum atomic E-state index is 12.8. The predicted octanol–water partition coefficient (Wildman–Crippen LogP) is 0.0308. The van der Waals surface area contributed by atoms with Crippen molar-refractivity contribution in [1.82, 2.24) is 38.6 Å². The van der Waals surface area contributed by atoms with Crippen molar-refractivity contribution >= 4 is 80.9 Å². The Labute approximate surface area is 387 Å². The van der Waals surface area contributed by atoms with Crippen molar-refractivity contribution in [2.24, 2.45) is 0 Å². The molecule has 0 saturated carbocycles. The minimum absolute atomic E-state index is 0.0210. The first kappa shape index (κ1) is 47.5. The number of aldehydes is 2. The van der Waals surface area contributed by atoms with E-state index in [2.05, 4.69) is 24.9 Å². The average molecular weight is 957 g/mol. The Kier molecular flexibility index (Phi) is 14.3. The van der Waals surface area contributed by atoms with Gasteiger partial charge in [0.15, 0.2) is 42.1 Å². The van der Waals surface area contributed by atoms with Gasteiger partial charge >= 0.3 is 11.9 Å². The molecule has 2 aliphatic rings. The number of carbonyl (C=O) groups excluding carboxylic acids is 4. The number of benzene rings is 2. The number of esters is 2. The molecule has 2 fully saturated rings. The lowest BCUT2D eigenvalue weighted by Crippen LogP contribution is -2.34. The van der Waals surface area contributed by atoms with Crippen molar-refractivity contribution in [3.05, 3.63) is 96.1 Å². The first-order valence-corrected chi connectivity index (χ1v) is 21.7. The first-order valence-electron chi connectivity index (χ1n) is 20.8. The van der Waals surface area contributed by atoms with Crippen LogP contribution in [0.3, 0.4) is 0 Å². The largest absolute Gasteiger partial charge is 0.459 e. The third kappa shape index (κ3) is 9.33. The number of aliphatic hydroxyl groups is 6. The van der Waals surface area contributed by atoms with Gasteiger partial charge in [-0.25, -0.2) is 34.5 Å². The highest BCUT2D eigenvalue weighted by molar-refractivity contribution is 7.99. The van der Waals surface area contributed by atoms with Crippen molar-refractivity contribution in [3.63, 3.8) is 0 Å². The molecule has 356 valence electrons. The summed E-state index contributed by atoms with van der Waals surface area (Å²) in [5.41, 5.74) is 14.1. The zero-order valence-electron chi connectivity index (χ0n) is 35.5. The van der Waals surface area contributed by atoms with Crippen molar-refractivity contribution in [2.45, 2.75) is 60.7 Å². The van der Waals surface area contributed by atoms with E-state index in [-0.39, 0.29) is 48.9 Å². The highest BCUT2D eigenvalue weighted by Crippen LogP contribution is 2.35. The molecule has 0 radical (unpaired) electrons. The van der Waals surface area contributed by atoms with E-state index in [1.54, 1.807) is 24.3 Å². The molecule has 2 saturated heterocycles. The number of nitrogens with zero attached hydrogens (tertiary/aromatic N) is 8. The second-order valence-electron chi connectivity index (χ2n) is 15.4. The molecule has 8 atom stereocenters. The molecule has 7 heterocycles. The van der Waals surface area contributed by atoms with Crippen molar-refractivity contribution < 1.29 is 68.8 Å². The number of imidazole rings is 2. The van der Waals surface area contributed by atoms with Crippen LogP contribution in [0, 0.1) is 0 Å². The van der Waals surface area contributed by atoms with Gasteiger partial charge in [-0.3, -0.25) is 18.7 Å². The zero-order valence-corrected chi connectivity index (χ0v) is 36.4. The monoisotopic (exact) mass is 956 g/mol. The quantitative estimate of drug-likeness (QED) is 0.0382. The van der Waals surface area contributed by atoms with E-state index in [1.165, 1.54) is 64.3 Å². The molecule has 7 aromatic rings. The van der Waals surface area contributed by atoms with Crippen LogP contribution < -0.4 is 11.5 Å². The summed E-state index contributed by atoms with van der Waals surface area (Å²) in [6.45, 7) is -0.290. The third-order valence-corrected chi connectivity index (χ3v) is 12.3. The zero-order chi connectivity index (χ0) is 48.2. The van der Waals surface area contributed by atoms with E-state index in [0.717, 1.165) is 15.8 Å². The maximum Gasteiger partial charge on any atom is 0.338 e. The van der Waals surface area contributed by atoms with Gasteiger partial charge in [0.25, 0.3) is 0 Å². The minimum atomic E-state index is -1.36. The summed E-state index contributed by atoms with van der Waals surface area (Å²) in [7, 11) is 0. The summed E-state index contributed by atoms with van der Waals surface area (Å²) in [5, 5.41) is 63.1. The number of aliphatic hydroxyl groups excluding tert-OH is 6. The molecule has 68 heavy (non-hydrogen) atoms. The standard InChI is InChI=1S/C24H27N5O7S.C19H17N5O7/c25-16-3-4-26-21-18(16)27-12-29(21)22-20(33)19(32)17(36-22)11-35-24(34)13-1-2-15-14(9-13)10-28(5-6-30)23(15)37-8-7-31;20-16-13-17(22-7-21-16)24(8-23-13)18-15(28)14(27)12(31-18)6-30-19(29)9-1-2-10(4-25)11(3-9)5-26/h1-4,9-10,12,17,19-20,22,30-33H,5-8,11H2,(H2,25,26);1-5,7-8,12,14-15,18,27-28H,6H2,(H2,20,21,22)/t17?,19-,20-,22?;12?,14-,15-,18?/m11/s1. The fraction of sp³-hybridized carbons (Fsp3) is 0.326. The molecule has 2 aliphatic heterocycles. The molecule has 2 aromatic carbocycles. The van der Waals surface area contributed by atoms with Crippen LogP contribution in [-0.4, -0.2) is 163 Å². The number of hydrogen-bond donors (Lipinski definition) is 8. The number of thioether (sulfide) groups is 1. The van der Waals surface area contributed by atoms with Crippen LogP contribution in [0.1, 0.15) is 53.9 Å². The molecule has 0 aliphatic carbocycles. The van der Waals surface area contributed by atoms with Gasteiger partial charge in [-0.2, -0.15) is 0 Å². The molecule has 25 heteroatoms. The summed E-state index contributed by atoms with van der Waals surface area (Å²) < 4.78 is 26.9. The highest BCUT2D eigenvalue weighted by Gasteiger charge is 2.46. The number of hydrogen-bond acceptors (Lipinski definition) is 22. The van der Waals surface area contributed by atoms with E-state index >= 15 is 0 Å². The Bertz CT molecular complexity index is 2980. The van der Waals surface area contributed by atoms with Crippen LogP contribution in [0.25, 0.3) is 33.1 Å². The van der Waals surface area contributed by atoms with Gasteiger partial charge in [0.05, 0.1) is 47.7 Å². The Balaban J connectivity index is 0.000000187. The second kappa shape index (κ2) is 20.5. The van der Waals surface area contributed by atoms with Gasteiger partial charge < -0.3 is 65.6 Å². The lowest BCUT2D eigenvalue weighted by Gasteiger charge is -2.16. The Morgan fingerprint density at radius 3 is 1.94 bits per heavy atom. The second-order valence-corrected chi connectivity index (χ2v) is 16.5. The number of nitrogens with two attached hydrogens (primary N) is 2. The van der Waals surface area contributed by atoms with E-state index in [9.17, 15) is 49.8 Å². The van der Waals surface area contributed by atoms with Crippen LogP contribution >= 0.6 is 11.8 Å². The summed E-state index contributed by atoms with van der Waals surface area (Å²) in [4.78, 5) is 67.5. The molecule has 5 aromatic heterocycles. The summed E-state index contributed by atoms with van der Waals surface area (Å²) in [6, 6.07) is 10.6. The van der Waals surface area contributed by atoms with Crippen molar-refractivity contribution in [1.29, 1.82) is 0 Å². The summed E-state index contributed by atoms with van der Waals surface area (Å²) in [6.07, 6.45) is -1.08. The maximum absolute atomic E-state index is 12.8. The van der Waals surface area contributed by atoms with Crippen LogP contribution in [-0.2, 0) is 25.5 Å². The predicted molar refractivity (Wildman–Crippen MR) is 238 cm³/mol. The van der Waals surface area contributed by atoms with Crippen molar-refractivity contribution in [2.75, 3.05) is 43.6 Å². The third-order valence-electron chi connectivity index (χ3n) is 11.2. The van der Waals surface area contributed by atoms with E-state index in [4.69, 9.17) is 30.4 Å². The SMILES string of the molecule is Nc1ccnc2c1ncn2C1OC(COC(=O)c2ccc3c(SCCO)n(CCO)cc3c2)[C@@H](O)[C@H]1O.Nc1ncnc2c1ncn2C1OC(COC(=O)c2ccc(C=O)c(C=O)c2)[C@@H](O)[C@H]1O. The van der Waals surface area contributed by atoms with Gasteiger partial charge in [-0.15, -0.1) is 11.8 Å². The van der Waals surface area contributed by atoms with Gasteiger partial charge in [0, 0.05) is 46.6 Å². The fourth-order valence-electron chi connectivity index (χ4n) is 7.73. The molecule has 10 N–H and O–H groups in total. The van der Waals surface area contributed by atoms with Crippen LogP contribution in [0.5, 0.6) is 0 Å². The smallest absolute Gasteiger partial charge is 0.338 e. The number of fused-ring (bicyclic) bond motifs is 3. The number of ether oxygens (including phenoxy) is 4. The van der Waals surface area contributed by atoms with E-state index < -0.39 is 61.0 Å². The molecule has 0 amide bonds. The van der Waals surface area contributed by atoms with E-state index in [1.807, 2.05) is 10.8 Å². The number of rotatable bonds is 15. The highest BCUT2D eigenvalue weighted by atomic mass is 32.2. The number of anilines is 2. The Hall–Kier alpha value is -6.94. The van der Waals surface area contributed by atoms with E-state index in [0.29, 0.717) is 58.4 Å². The number of pyridine rings is 1. The molecule has 4 unspecified atom stereocenters. The average Bonchev–Trinajstić information content (AvgIpc) is 4.17. The molecule has 24 nitrogen and oxygen atoms in total. The van der Waals surface area contributed by atoms with Gasteiger partial charge in [-0.1, -0.05) is 12.1 Å². The molecular weight excluding hydrogens is 913 g/mol. The van der Waals surface area contributed by atoms with Crippen LogP contribution in [0.2, 0.25) is 0 Å². The lowest BCUT2D eigenvalue weighted by molar-refractivity contribution is -0.0565. The molecular formula is C43H44N10O14S. The topological polar surface area (TPSA) is 358 Å². The molecule has 9 rings (SSSR count). The van der Waals surface area contributed by atoms with Crippen LogP contribution in [0.4, 0.5) is 11.5 Å². The van der Waals surface area contributed by atoms with Crippen molar-refractivity contribution in [3.8, 4) is 0 Å². The Morgan fingerprint density at radius 1 is 0.721 bits per heavy atom. The fourth-order valence-corrected chi connectivity index (χ4v) is 8.67. The normalized spacial score (nSPS) is 22.3. The summed E-state index contributed by atoms with van der Waals surface area (Å²) in [5.74, 6) is -0.749. The van der Waals surface area contributed by atoms with Gasteiger partial charge in [-0.05, 0) is 30.3 Å². The number of aromatic nitrogens is 8. The first-order chi connectivity index (χ1) is 32.9. The minimum Gasteiger partial charge on any atom is -0.459 e. The molecule has 0 bridgehead atoms. The lowest BCUT2D eigenvalue weighted by atomic mass is 10.1.